The zero-order valence-electron chi connectivity index (χ0n) is 18.7. The number of aliphatic hydroxyl groups is 1. The third-order valence-corrected chi connectivity index (χ3v) is 5.82. The molecule has 0 saturated heterocycles. The monoisotopic (exact) mass is 418 g/mol. The van der Waals surface area contributed by atoms with Gasteiger partial charge in [0.25, 0.3) is 0 Å². The van der Waals surface area contributed by atoms with Gasteiger partial charge >= 0.3 is 5.97 Å². The van der Waals surface area contributed by atoms with Gasteiger partial charge in [-0.25, -0.2) is 4.79 Å². The largest absolute Gasteiger partial charge is 0.462 e. The maximum atomic E-state index is 11.6. The quantitative estimate of drug-likeness (QED) is 0.280. The van der Waals surface area contributed by atoms with Gasteiger partial charge in [0.15, 0.2) is 0 Å². The van der Waals surface area contributed by atoms with Crippen LogP contribution in [0.1, 0.15) is 62.1 Å². The summed E-state index contributed by atoms with van der Waals surface area (Å²) >= 11 is 0. The number of ether oxygens (including phenoxy) is 1. The van der Waals surface area contributed by atoms with Crippen LogP contribution < -0.4 is 0 Å². The molecule has 2 aromatic rings. The molecule has 164 valence electrons. The van der Waals surface area contributed by atoms with Crippen molar-refractivity contribution in [2.24, 2.45) is 0 Å². The summed E-state index contributed by atoms with van der Waals surface area (Å²) < 4.78 is 5.27. The van der Waals surface area contributed by atoms with Crippen LogP contribution in [0.5, 0.6) is 0 Å². The van der Waals surface area contributed by atoms with Crippen LogP contribution >= 0.6 is 0 Å². The molecule has 0 saturated carbocycles. The van der Waals surface area contributed by atoms with E-state index in [1.54, 1.807) is 6.92 Å². The molecule has 0 aromatic heterocycles. The highest BCUT2D eigenvalue weighted by atomic mass is 16.5. The molecule has 1 aliphatic carbocycles. The Bertz CT molecular complexity index is 922. The predicted octanol–water partition coefficient (Wildman–Crippen LogP) is 6.29. The van der Waals surface area contributed by atoms with E-state index in [-0.39, 0.29) is 12.6 Å². The van der Waals surface area contributed by atoms with Crippen LogP contribution in [0, 0.1) is 0 Å². The third kappa shape index (κ3) is 6.67. The van der Waals surface area contributed by atoms with Gasteiger partial charge < -0.3 is 9.84 Å². The lowest BCUT2D eigenvalue weighted by Crippen LogP contribution is -2.07. The minimum atomic E-state index is -0.329. The Morgan fingerprint density at radius 2 is 1.81 bits per heavy atom. The fourth-order valence-corrected chi connectivity index (χ4v) is 4.09. The average molecular weight is 419 g/mol. The molecule has 0 fully saturated rings. The van der Waals surface area contributed by atoms with Gasteiger partial charge in [0.2, 0.25) is 0 Å². The van der Waals surface area contributed by atoms with Crippen molar-refractivity contribution in [2.45, 2.75) is 58.3 Å². The molecular formula is C28H34O3. The summed E-state index contributed by atoms with van der Waals surface area (Å²) in [6.45, 7) is 5.88. The first-order valence-corrected chi connectivity index (χ1v) is 11.4. The Labute approximate surface area is 186 Å². The highest BCUT2D eigenvalue weighted by molar-refractivity contribution is 5.86. The van der Waals surface area contributed by atoms with Gasteiger partial charge in [-0.05, 0) is 91.7 Å². The fraction of sp³-hybridized carbons (Fsp3) is 0.393. The molecular weight excluding hydrogens is 384 g/mol. The van der Waals surface area contributed by atoms with E-state index in [1.807, 2.05) is 0 Å². The normalized spacial score (nSPS) is 13.5. The first-order valence-electron chi connectivity index (χ1n) is 11.4. The second kappa shape index (κ2) is 11.7. The maximum absolute atomic E-state index is 11.6. The number of benzene rings is 2. The van der Waals surface area contributed by atoms with Gasteiger partial charge in [0, 0.05) is 12.2 Å². The zero-order valence-corrected chi connectivity index (χ0v) is 18.7. The van der Waals surface area contributed by atoms with Crippen molar-refractivity contribution in [1.29, 1.82) is 0 Å². The number of aryl methyl sites for hydroxylation is 2. The third-order valence-electron chi connectivity index (χ3n) is 5.82. The minimum absolute atomic E-state index is 0.200. The molecule has 31 heavy (non-hydrogen) atoms. The summed E-state index contributed by atoms with van der Waals surface area (Å²) in [6, 6.07) is 15.5. The summed E-state index contributed by atoms with van der Waals surface area (Å²) in [5.41, 5.74) is 8.15. The molecule has 2 aromatic carbocycles. The maximum Gasteiger partial charge on any atom is 0.333 e. The van der Waals surface area contributed by atoms with E-state index >= 15 is 0 Å². The van der Waals surface area contributed by atoms with Crippen LogP contribution in [0.25, 0.3) is 16.7 Å². The number of allylic oxidation sites excluding steroid dienone is 2. The second-order valence-electron chi connectivity index (χ2n) is 8.39. The Hall–Kier alpha value is -2.65. The van der Waals surface area contributed by atoms with E-state index in [2.05, 4.69) is 55.1 Å². The van der Waals surface area contributed by atoms with Crippen molar-refractivity contribution in [3.63, 3.8) is 0 Å². The van der Waals surface area contributed by atoms with Gasteiger partial charge in [-0.3, -0.25) is 0 Å². The fourth-order valence-electron chi connectivity index (χ4n) is 4.09. The number of carbonyl (C=O) groups excluding carboxylic acids is 1. The van der Waals surface area contributed by atoms with Gasteiger partial charge in [-0.1, -0.05) is 55.1 Å². The number of hydrogen-bond donors (Lipinski definition) is 1. The SMILES string of the molecule is C=C(C)C(=O)OCCCc1cc(CCCO)ccc1-c1ccc(C2=CCCCC2)cc1. The van der Waals surface area contributed by atoms with Crippen molar-refractivity contribution in [3.05, 3.63) is 77.4 Å². The molecule has 3 rings (SSSR count). The van der Waals surface area contributed by atoms with Gasteiger partial charge in [-0.15, -0.1) is 0 Å². The smallest absolute Gasteiger partial charge is 0.333 e. The molecule has 1 N–H and O–H groups in total. The first kappa shape index (κ1) is 23.0. The van der Waals surface area contributed by atoms with Gasteiger partial charge in [-0.2, -0.15) is 0 Å². The van der Waals surface area contributed by atoms with E-state index in [4.69, 9.17) is 4.74 Å². The molecule has 0 unspecified atom stereocenters. The van der Waals surface area contributed by atoms with Gasteiger partial charge in [0.05, 0.1) is 6.61 Å². The van der Waals surface area contributed by atoms with E-state index in [9.17, 15) is 9.90 Å². The molecule has 0 aliphatic heterocycles. The zero-order chi connectivity index (χ0) is 22.1. The highest BCUT2D eigenvalue weighted by Crippen LogP contribution is 2.31. The Balaban J connectivity index is 1.76. The summed E-state index contributed by atoms with van der Waals surface area (Å²) in [4.78, 5) is 11.6. The molecule has 3 heteroatoms. The van der Waals surface area contributed by atoms with Crippen molar-refractivity contribution in [2.75, 3.05) is 13.2 Å². The molecule has 0 spiro atoms. The summed E-state index contributed by atoms with van der Waals surface area (Å²) in [7, 11) is 0. The van der Waals surface area contributed by atoms with Crippen molar-refractivity contribution >= 4 is 11.5 Å². The molecule has 0 radical (unpaired) electrons. The number of esters is 1. The number of hydrogen-bond acceptors (Lipinski definition) is 3. The lowest BCUT2D eigenvalue weighted by molar-refractivity contribution is -0.139. The molecule has 3 nitrogen and oxygen atoms in total. The van der Waals surface area contributed by atoms with Crippen molar-refractivity contribution < 1.29 is 14.6 Å². The Kier molecular flexibility index (Phi) is 8.66. The van der Waals surface area contributed by atoms with Crippen LogP contribution in [0.3, 0.4) is 0 Å². The lowest BCUT2D eigenvalue weighted by atomic mass is 9.90. The van der Waals surface area contributed by atoms with Crippen LogP contribution in [-0.4, -0.2) is 24.3 Å². The molecule has 0 atom stereocenters. The van der Waals surface area contributed by atoms with E-state index < -0.39 is 0 Å². The second-order valence-corrected chi connectivity index (χ2v) is 8.39. The molecule has 0 heterocycles. The minimum Gasteiger partial charge on any atom is -0.462 e. The Morgan fingerprint density at radius 1 is 1.03 bits per heavy atom. The van der Waals surface area contributed by atoms with Crippen molar-refractivity contribution in [3.8, 4) is 11.1 Å². The number of aliphatic hydroxyl groups excluding tert-OH is 1. The number of rotatable bonds is 10. The lowest BCUT2D eigenvalue weighted by Gasteiger charge is -2.15. The highest BCUT2D eigenvalue weighted by Gasteiger charge is 2.10. The van der Waals surface area contributed by atoms with Gasteiger partial charge in [0.1, 0.15) is 0 Å². The Morgan fingerprint density at radius 3 is 2.48 bits per heavy atom. The average Bonchev–Trinajstić information content (AvgIpc) is 2.81. The first-order chi connectivity index (χ1) is 15.1. The molecule has 1 aliphatic rings. The van der Waals surface area contributed by atoms with Crippen LogP contribution in [-0.2, 0) is 22.4 Å². The molecule has 0 bridgehead atoms. The van der Waals surface area contributed by atoms with Crippen LogP contribution in [0.4, 0.5) is 0 Å². The standard InChI is InChI=1S/C28H34O3/c1-21(2)28(30)31-19-7-11-26-20-22(8-6-18-29)12-17-27(26)25-15-13-24(14-16-25)23-9-4-3-5-10-23/h9,12-17,20,29H,1,3-8,10-11,18-19H2,2H3. The summed E-state index contributed by atoms with van der Waals surface area (Å²) in [5.74, 6) is -0.329. The van der Waals surface area contributed by atoms with E-state index in [0.717, 1.165) is 25.7 Å². The summed E-state index contributed by atoms with van der Waals surface area (Å²) in [5, 5.41) is 9.17. The van der Waals surface area contributed by atoms with E-state index in [1.165, 1.54) is 59.1 Å². The molecule has 0 amide bonds. The van der Waals surface area contributed by atoms with E-state index in [0.29, 0.717) is 12.2 Å². The predicted molar refractivity (Wildman–Crippen MR) is 128 cm³/mol. The topological polar surface area (TPSA) is 46.5 Å². The van der Waals surface area contributed by atoms with Crippen LogP contribution in [0.2, 0.25) is 0 Å². The number of carbonyl (C=O) groups is 1. The van der Waals surface area contributed by atoms with Crippen molar-refractivity contribution in [1.82, 2.24) is 0 Å². The summed E-state index contributed by atoms with van der Waals surface area (Å²) in [6.07, 6.45) is 10.5. The van der Waals surface area contributed by atoms with Crippen LogP contribution in [0.15, 0.2) is 60.7 Å².